The largest absolute Gasteiger partial charge is 0.480 e. The average molecular weight is 481 g/mol. The lowest BCUT2D eigenvalue weighted by Crippen LogP contribution is -2.39. The highest BCUT2D eigenvalue weighted by Crippen LogP contribution is 2.29. The Morgan fingerprint density at radius 3 is 2.37 bits per heavy atom. The van der Waals surface area contributed by atoms with Crippen molar-refractivity contribution in [3.63, 3.8) is 0 Å². The van der Waals surface area contributed by atoms with Gasteiger partial charge in [-0.3, -0.25) is 14.4 Å². The number of hydrogen-bond acceptors (Lipinski definition) is 5. The molecule has 8 nitrogen and oxygen atoms in total. The molecule has 1 aliphatic heterocycles. The SMILES string of the molecule is COc1nc2c(cc1C(=O)N1CCC(Cc3ccc(F)cc3)CC1)c(C(=O)C(=O)N(C)C)cn2C. The van der Waals surface area contributed by atoms with Gasteiger partial charge < -0.3 is 19.1 Å². The molecule has 2 amide bonds. The van der Waals surface area contributed by atoms with Gasteiger partial charge in [0.25, 0.3) is 17.6 Å². The molecule has 4 rings (SSSR count). The fourth-order valence-electron chi connectivity index (χ4n) is 4.55. The van der Waals surface area contributed by atoms with Gasteiger partial charge >= 0.3 is 0 Å². The molecule has 0 bridgehead atoms. The summed E-state index contributed by atoms with van der Waals surface area (Å²) in [6, 6.07) is 8.15. The van der Waals surface area contributed by atoms with Crippen LogP contribution >= 0.6 is 0 Å². The van der Waals surface area contributed by atoms with Gasteiger partial charge in [0.05, 0.1) is 12.7 Å². The summed E-state index contributed by atoms with van der Waals surface area (Å²) in [7, 11) is 6.20. The second kappa shape index (κ2) is 9.85. The summed E-state index contributed by atoms with van der Waals surface area (Å²) in [5, 5.41) is 0.433. The van der Waals surface area contributed by atoms with Crippen molar-refractivity contribution in [2.75, 3.05) is 34.3 Å². The number of benzene rings is 1. The number of amides is 2. The van der Waals surface area contributed by atoms with E-state index in [1.54, 1.807) is 40.9 Å². The van der Waals surface area contributed by atoms with Crippen LogP contribution in [0.2, 0.25) is 0 Å². The highest BCUT2D eigenvalue weighted by atomic mass is 19.1. The molecular weight excluding hydrogens is 451 g/mol. The van der Waals surface area contributed by atoms with Crippen molar-refractivity contribution in [2.24, 2.45) is 13.0 Å². The van der Waals surface area contributed by atoms with E-state index < -0.39 is 11.7 Å². The number of piperidine rings is 1. The molecule has 1 fully saturated rings. The van der Waals surface area contributed by atoms with Crippen LogP contribution in [0.25, 0.3) is 11.0 Å². The summed E-state index contributed by atoms with van der Waals surface area (Å²) in [4.78, 5) is 46.0. The molecule has 9 heteroatoms. The lowest BCUT2D eigenvalue weighted by Gasteiger charge is -2.32. The van der Waals surface area contributed by atoms with E-state index in [9.17, 15) is 18.8 Å². The fraction of sp³-hybridized carbons (Fsp3) is 0.385. The quantitative estimate of drug-likeness (QED) is 0.400. The summed E-state index contributed by atoms with van der Waals surface area (Å²) < 4.78 is 20.2. The lowest BCUT2D eigenvalue weighted by atomic mass is 9.90. The minimum absolute atomic E-state index is 0.176. The third kappa shape index (κ3) is 4.89. The summed E-state index contributed by atoms with van der Waals surface area (Å²) in [5.74, 6) is -1.20. The first-order valence-electron chi connectivity index (χ1n) is 11.5. The van der Waals surface area contributed by atoms with E-state index in [0.717, 1.165) is 24.8 Å². The molecule has 2 aromatic heterocycles. The Kier molecular flexibility index (Phi) is 6.86. The molecule has 0 unspecified atom stereocenters. The summed E-state index contributed by atoms with van der Waals surface area (Å²) in [5.41, 5.74) is 1.99. The van der Waals surface area contributed by atoms with Crippen molar-refractivity contribution < 1.29 is 23.5 Å². The summed E-state index contributed by atoms with van der Waals surface area (Å²) >= 11 is 0. The maximum absolute atomic E-state index is 13.5. The Labute approximate surface area is 203 Å². The second-order valence-corrected chi connectivity index (χ2v) is 9.16. The molecule has 1 saturated heterocycles. The van der Waals surface area contributed by atoms with Gasteiger partial charge in [-0.1, -0.05) is 12.1 Å². The van der Waals surface area contributed by atoms with E-state index in [0.29, 0.717) is 30.0 Å². The molecule has 184 valence electrons. The minimum Gasteiger partial charge on any atom is -0.480 e. The van der Waals surface area contributed by atoms with Crippen LogP contribution in [0.4, 0.5) is 4.39 Å². The monoisotopic (exact) mass is 480 g/mol. The van der Waals surface area contributed by atoms with Crippen LogP contribution < -0.4 is 4.74 Å². The fourth-order valence-corrected chi connectivity index (χ4v) is 4.55. The van der Waals surface area contributed by atoms with Gasteiger partial charge in [-0.2, -0.15) is 4.98 Å². The number of aryl methyl sites for hydroxylation is 1. The number of rotatable bonds is 6. The summed E-state index contributed by atoms with van der Waals surface area (Å²) in [6.45, 7) is 1.15. The predicted molar refractivity (Wildman–Crippen MR) is 129 cm³/mol. The van der Waals surface area contributed by atoms with Gasteiger partial charge in [0.15, 0.2) is 0 Å². The highest BCUT2D eigenvalue weighted by Gasteiger charge is 2.29. The van der Waals surface area contributed by atoms with Gasteiger partial charge in [-0.05, 0) is 48.9 Å². The van der Waals surface area contributed by atoms with Crippen LogP contribution in [0.15, 0.2) is 36.5 Å². The van der Waals surface area contributed by atoms with Crippen molar-refractivity contribution >= 4 is 28.6 Å². The van der Waals surface area contributed by atoms with Gasteiger partial charge in [-0.15, -0.1) is 0 Å². The number of ketones is 1. The molecule has 1 aromatic carbocycles. The molecule has 0 atom stereocenters. The van der Waals surface area contributed by atoms with E-state index in [1.807, 2.05) is 0 Å². The van der Waals surface area contributed by atoms with Crippen LogP contribution in [-0.2, 0) is 18.3 Å². The van der Waals surface area contributed by atoms with E-state index >= 15 is 0 Å². The zero-order valence-corrected chi connectivity index (χ0v) is 20.4. The number of halogens is 1. The van der Waals surface area contributed by atoms with Gasteiger partial charge in [0.2, 0.25) is 5.88 Å². The molecule has 0 spiro atoms. The molecule has 3 aromatic rings. The molecule has 0 N–H and O–H groups in total. The Morgan fingerprint density at radius 2 is 1.77 bits per heavy atom. The van der Waals surface area contributed by atoms with E-state index in [2.05, 4.69) is 4.98 Å². The number of carbonyl (C=O) groups is 3. The third-order valence-corrected chi connectivity index (χ3v) is 6.52. The molecule has 3 heterocycles. The lowest BCUT2D eigenvalue weighted by molar-refractivity contribution is -0.124. The van der Waals surface area contributed by atoms with Crippen molar-refractivity contribution in [1.82, 2.24) is 19.4 Å². The Morgan fingerprint density at radius 1 is 1.11 bits per heavy atom. The van der Waals surface area contributed by atoms with Crippen LogP contribution in [0.3, 0.4) is 0 Å². The number of likely N-dealkylation sites (tertiary alicyclic amines) is 1. The molecule has 0 saturated carbocycles. The molecule has 1 aliphatic rings. The maximum atomic E-state index is 13.5. The predicted octanol–water partition coefficient (Wildman–Crippen LogP) is 3.09. The zero-order valence-electron chi connectivity index (χ0n) is 20.4. The summed E-state index contributed by atoms with van der Waals surface area (Å²) in [6.07, 6.45) is 4.05. The Bertz CT molecular complexity index is 1270. The van der Waals surface area contributed by atoms with Crippen molar-refractivity contribution in [2.45, 2.75) is 19.3 Å². The van der Waals surface area contributed by atoms with Crippen molar-refractivity contribution in [1.29, 1.82) is 0 Å². The van der Waals surface area contributed by atoms with Gasteiger partial charge in [-0.25, -0.2) is 4.39 Å². The number of nitrogens with zero attached hydrogens (tertiary/aromatic N) is 4. The number of fused-ring (bicyclic) bond motifs is 1. The van der Waals surface area contributed by atoms with Crippen LogP contribution in [0, 0.1) is 11.7 Å². The molecular formula is C26H29FN4O4. The van der Waals surface area contributed by atoms with E-state index in [1.165, 1.54) is 38.2 Å². The van der Waals surface area contributed by atoms with Crippen molar-refractivity contribution in [3.8, 4) is 5.88 Å². The number of aromatic nitrogens is 2. The van der Waals surface area contributed by atoms with E-state index in [-0.39, 0.29) is 28.7 Å². The standard InChI is InChI=1S/C26H29FN4O4/c1-29(2)26(34)22(32)21-15-30(3)23-19(21)14-20(24(28-23)35-4)25(33)31-11-9-17(10-12-31)13-16-5-7-18(27)8-6-16/h5-8,14-15,17H,9-13H2,1-4H3. The second-order valence-electron chi connectivity index (χ2n) is 9.16. The number of ether oxygens (including phenoxy) is 1. The normalized spacial score (nSPS) is 14.3. The average Bonchev–Trinajstić information content (AvgIpc) is 3.19. The zero-order chi connectivity index (χ0) is 25.3. The third-order valence-electron chi connectivity index (χ3n) is 6.52. The first-order valence-corrected chi connectivity index (χ1v) is 11.5. The topological polar surface area (TPSA) is 84.7 Å². The Hall–Kier alpha value is -3.75. The first kappa shape index (κ1) is 24.4. The van der Waals surface area contributed by atoms with E-state index in [4.69, 9.17) is 4.74 Å². The van der Waals surface area contributed by atoms with Gasteiger partial charge in [0, 0.05) is 45.8 Å². The number of methoxy groups -OCH3 is 1. The number of Topliss-reactive ketones (excluding diaryl/α,β-unsaturated/α-hetero) is 1. The molecule has 0 radical (unpaired) electrons. The number of hydrogen-bond donors (Lipinski definition) is 0. The van der Waals surface area contributed by atoms with Crippen LogP contribution in [0.1, 0.15) is 39.1 Å². The smallest absolute Gasteiger partial charge is 0.294 e. The number of carbonyl (C=O) groups excluding carboxylic acids is 3. The van der Waals surface area contributed by atoms with Gasteiger partial charge in [0.1, 0.15) is 17.0 Å². The number of pyridine rings is 1. The number of likely N-dealkylation sites (N-methyl/N-ethyl adjacent to an activating group) is 1. The first-order chi connectivity index (χ1) is 16.7. The van der Waals surface area contributed by atoms with Crippen LogP contribution in [0.5, 0.6) is 5.88 Å². The van der Waals surface area contributed by atoms with Crippen molar-refractivity contribution in [3.05, 3.63) is 59.0 Å². The maximum Gasteiger partial charge on any atom is 0.294 e. The van der Waals surface area contributed by atoms with Crippen LogP contribution in [-0.4, -0.2) is 71.2 Å². The highest BCUT2D eigenvalue weighted by molar-refractivity contribution is 6.44. The molecule has 35 heavy (non-hydrogen) atoms. The minimum atomic E-state index is -0.660. The molecule has 0 aliphatic carbocycles. The Balaban J connectivity index is 1.56.